The van der Waals surface area contributed by atoms with Crippen LogP contribution in [-0.2, 0) is 21.9 Å². The largest absolute Gasteiger partial charge is 0.483 e. The standard InChI is InChI=1S/C20H22N2O3S/c23-19(15-26-14-16-6-2-1-3-7-16)21-10-11-22-12-17-8-4-5-9-18(17)25-13-20(22)24/h1-9H,10-15H2,(H,21,23). The molecule has 0 saturated heterocycles. The molecule has 0 fully saturated rings. The summed E-state index contributed by atoms with van der Waals surface area (Å²) in [5, 5.41) is 2.89. The highest BCUT2D eigenvalue weighted by Gasteiger charge is 2.20. The van der Waals surface area contributed by atoms with E-state index in [9.17, 15) is 9.59 Å². The Morgan fingerprint density at radius 3 is 2.73 bits per heavy atom. The van der Waals surface area contributed by atoms with Gasteiger partial charge in [0, 0.05) is 31.0 Å². The van der Waals surface area contributed by atoms with Crippen LogP contribution in [0.5, 0.6) is 5.75 Å². The minimum Gasteiger partial charge on any atom is -0.483 e. The minimum absolute atomic E-state index is 0.00940. The topological polar surface area (TPSA) is 58.6 Å². The van der Waals surface area contributed by atoms with E-state index in [1.165, 1.54) is 5.56 Å². The molecule has 26 heavy (non-hydrogen) atoms. The first-order chi connectivity index (χ1) is 12.7. The van der Waals surface area contributed by atoms with E-state index in [0.717, 1.165) is 17.1 Å². The Kier molecular flexibility index (Phi) is 6.55. The summed E-state index contributed by atoms with van der Waals surface area (Å²) in [5.41, 5.74) is 2.20. The van der Waals surface area contributed by atoms with Crippen molar-refractivity contribution in [1.29, 1.82) is 0 Å². The van der Waals surface area contributed by atoms with Crippen LogP contribution >= 0.6 is 11.8 Å². The average Bonchev–Trinajstić information content (AvgIpc) is 2.82. The molecular weight excluding hydrogens is 348 g/mol. The Morgan fingerprint density at radius 2 is 1.88 bits per heavy atom. The Hall–Kier alpha value is -2.47. The summed E-state index contributed by atoms with van der Waals surface area (Å²) in [6.07, 6.45) is 0. The summed E-state index contributed by atoms with van der Waals surface area (Å²) in [6, 6.07) is 17.7. The van der Waals surface area contributed by atoms with Crippen LogP contribution in [0.15, 0.2) is 54.6 Å². The molecule has 2 aromatic rings. The van der Waals surface area contributed by atoms with Crippen LogP contribution in [-0.4, -0.2) is 42.2 Å². The van der Waals surface area contributed by atoms with E-state index in [4.69, 9.17) is 4.74 Å². The van der Waals surface area contributed by atoms with Crippen molar-refractivity contribution in [2.75, 3.05) is 25.4 Å². The van der Waals surface area contributed by atoms with Gasteiger partial charge in [-0.15, -0.1) is 11.8 Å². The number of fused-ring (bicyclic) bond motifs is 1. The lowest BCUT2D eigenvalue weighted by Gasteiger charge is -2.20. The average molecular weight is 370 g/mol. The monoisotopic (exact) mass is 370 g/mol. The number of hydrogen-bond acceptors (Lipinski definition) is 4. The third-order valence-corrected chi connectivity index (χ3v) is 5.09. The van der Waals surface area contributed by atoms with Crippen LogP contribution in [0.3, 0.4) is 0 Å². The molecule has 1 N–H and O–H groups in total. The van der Waals surface area contributed by atoms with Gasteiger partial charge in [0.05, 0.1) is 5.75 Å². The first kappa shape index (κ1) is 18.3. The van der Waals surface area contributed by atoms with Gasteiger partial charge in [-0.3, -0.25) is 9.59 Å². The van der Waals surface area contributed by atoms with Gasteiger partial charge in [-0.2, -0.15) is 0 Å². The van der Waals surface area contributed by atoms with Gasteiger partial charge in [-0.05, 0) is 11.6 Å². The fourth-order valence-electron chi connectivity index (χ4n) is 2.72. The molecule has 0 atom stereocenters. The maximum absolute atomic E-state index is 12.2. The molecule has 1 aliphatic heterocycles. The summed E-state index contributed by atoms with van der Waals surface area (Å²) in [7, 11) is 0. The van der Waals surface area contributed by atoms with E-state index in [-0.39, 0.29) is 18.4 Å². The van der Waals surface area contributed by atoms with E-state index >= 15 is 0 Å². The van der Waals surface area contributed by atoms with Crippen LogP contribution in [0.1, 0.15) is 11.1 Å². The van der Waals surface area contributed by atoms with Crippen LogP contribution < -0.4 is 10.1 Å². The van der Waals surface area contributed by atoms with Gasteiger partial charge in [0.15, 0.2) is 6.61 Å². The molecule has 136 valence electrons. The van der Waals surface area contributed by atoms with Crippen molar-refractivity contribution in [3.8, 4) is 5.75 Å². The number of benzene rings is 2. The highest BCUT2D eigenvalue weighted by molar-refractivity contribution is 7.99. The van der Waals surface area contributed by atoms with Crippen LogP contribution in [0, 0.1) is 0 Å². The molecule has 2 amide bonds. The number of hydrogen-bond donors (Lipinski definition) is 1. The number of nitrogens with one attached hydrogen (secondary N) is 1. The number of thioether (sulfide) groups is 1. The van der Waals surface area contributed by atoms with E-state index in [0.29, 0.717) is 25.4 Å². The van der Waals surface area contributed by atoms with Gasteiger partial charge >= 0.3 is 0 Å². The summed E-state index contributed by atoms with van der Waals surface area (Å²) in [6.45, 7) is 1.47. The molecule has 0 aromatic heterocycles. The normalized spacial score (nSPS) is 13.5. The van der Waals surface area contributed by atoms with E-state index in [1.807, 2.05) is 42.5 Å². The molecular formula is C20H22N2O3S. The van der Waals surface area contributed by atoms with Gasteiger partial charge in [-0.25, -0.2) is 0 Å². The number of ether oxygens (including phenoxy) is 1. The Bertz CT molecular complexity index is 752. The van der Waals surface area contributed by atoms with E-state index in [2.05, 4.69) is 17.4 Å². The van der Waals surface area contributed by atoms with Gasteiger partial charge in [0.25, 0.3) is 5.91 Å². The van der Waals surface area contributed by atoms with Crippen molar-refractivity contribution in [2.24, 2.45) is 0 Å². The molecule has 3 rings (SSSR count). The lowest BCUT2D eigenvalue weighted by atomic mass is 10.2. The predicted octanol–water partition coefficient (Wildman–Crippen LogP) is 2.46. The molecule has 1 aliphatic rings. The zero-order chi connectivity index (χ0) is 18.2. The Morgan fingerprint density at radius 1 is 1.12 bits per heavy atom. The van der Waals surface area contributed by atoms with Crippen LogP contribution in [0.2, 0.25) is 0 Å². The third-order valence-electron chi connectivity index (χ3n) is 4.09. The van der Waals surface area contributed by atoms with Crippen molar-refractivity contribution in [1.82, 2.24) is 10.2 Å². The highest BCUT2D eigenvalue weighted by atomic mass is 32.2. The molecule has 0 saturated carbocycles. The summed E-state index contributed by atoms with van der Waals surface area (Å²) in [4.78, 5) is 25.9. The maximum atomic E-state index is 12.2. The van der Waals surface area contributed by atoms with Crippen LogP contribution in [0.4, 0.5) is 0 Å². The highest BCUT2D eigenvalue weighted by Crippen LogP contribution is 2.22. The summed E-state index contributed by atoms with van der Waals surface area (Å²) >= 11 is 1.58. The quantitative estimate of drug-likeness (QED) is 0.813. The molecule has 2 aromatic carbocycles. The van der Waals surface area contributed by atoms with Gasteiger partial charge in [-0.1, -0.05) is 48.5 Å². The molecule has 0 spiro atoms. The van der Waals surface area contributed by atoms with Crippen LogP contribution in [0.25, 0.3) is 0 Å². The fourth-order valence-corrected chi connectivity index (χ4v) is 3.54. The van der Waals surface area contributed by atoms with Gasteiger partial charge < -0.3 is 15.0 Å². The van der Waals surface area contributed by atoms with Gasteiger partial charge in [0.1, 0.15) is 5.75 Å². The Labute approximate surface area is 157 Å². The third kappa shape index (κ3) is 5.26. The summed E-state index contributed by atoms with van der Waals surface area (Å²) < 4.78 is 5.53. The molecule has 6 heteroatoms. The second-order valence-electron chi connectivity index (χ2n) is 6.04. The SMILES string of the molecule is O=C(CSCc1ccccc1)NCCN1Cc2ccccc2OCC1=O. The fraction of sp³-hybridized carbons (Fsp3) is 0.300. The van der Waals surface area contributed by atoms with Crippen molar-refractivity contribution >= 4 is 23.6 Å². The first-order valence-electron chi connectivity index (χ1n) is 8.59. The maximum Gasteiger partial charge on any atom is 0.260 e. The number of carbonyl (C=O) groups excluding carboxylic acids is 2. The molecule has 0 unspecified atom stereocenters. The van der Waals surface area contributed by atoms with E-state index in [1.54, 1.807) is 16.7 Å². The number of nitrogens with zero attached hydrogens (tertiary/aromatic N) is 1. The lowest BCUT2D eigenvalue weighted by Crippen LogP contribution is -2.39. The number of rotatable bonds is 7. The molecule has 5 nitrogen and oxygen atoms in total. The molecule has 0 radical (unpaired) electrons. The first-order valence-corrected chi connectivity index (χ1v) is 9.74. The van der Waals surface area contributed by atoms with Crippen molar-refractivity contribution in [3.63, 3.8) is 0 Å². The Balaban J connectivity index is 1.39. The smallest absolute Gasteiger partial charge is 0.260 e. The predicted molar refractivity (Wildman–Crippen MR) is 103 cm³/mol. The van der Waals surface area contributed by atoms with Crippen molar-refractivity contribution < 1.29 is 14.3 Å². The van der Waals surface area contributed by atoms with Crippen molar-refractivity contribution in [2.45, 2.75) is 12.3 Å². The zero-order valence-electron chi connectivity index (χ0n) is 14.5. The number of amides is 2. The molecule has 0 aliphatic carbocycles. The second-order valence-corrected chi connectivity index (χ2v) is 7.03. The van der Waals surface area contributed by atoms with E-state index < -0.39 is 0 Å². The molecule has 0 bridgehead atoms. The second kappa shape index (κ2) is 9.29. The number of para-hydroxylation sites is 1. The minimum atomic E-state index is -0.0612. The zero-order valence-corrected chi connectivity index (χ0v) is 15.3. The van der Waals surface area contributed by atoms with Gasteiger partial charge in [0.2, 0.25) is 5.91 Å². The molecule has 1 heterocycles. The number of carbonyl (C=O) groups is 2. The summed E-state index contributed by atoms with van der Waals surface area (Å²) in [5.74, 6) is 1.91. The van der Waals surface area contributed by atoms with Crippen molar-refractivity contribution in [3.05, 3.63) is 65.7 Å². The lowest BCUT2D eigenvalue weighted by molar-refractivity contribution is -0.133.